The minimum Gasteiger partial charge on any atom is -0.409 e. The Bertz CT molecular complexity index is 374. The molecule has 1 aromatic heterocycles. The second kappa shape index (κ2) is 5.30. The van der Waals surface area contributed by atoms with Crippen molar-refractivity contribution >= 4 is 23.1 Å². The van der Waals surface area contributed by atoms with Crippen LogP contribution in [0.25, 0.3) is 0 Å². The normalized spacial score (nSPS) is 11.4. The third-order valence-corrected chi connectivity index (χ3v) is 2.55. The quantitative estimate of drug-likeness (QED) is 0.299. The number of amides is 1. The molecule has 0 saturated carbocycles. The van der Waals surface area contributed by atoms with Crippen LogP contribution in [0.1, 0.15) is 21.1 Å². The van der Waals surface area contributed by atoms with Gasteiger partial charge in [0.2, 0.25) is 0 Å². The van der Waals surface area contributed by atoms with Gasteiger partial charge in [0.1, 0.15) is 10.7 Å². The van der Waals surface area contributed by atoms with Gasteiger partial charge in [0, 0.05) is 13.0 Å². The summed E-state index contributed by atoms with van der Waals surface area (Å²) in [6, 6.07) is 0. The molecule has 0 aliphatic carbocycles. The highest BCUT2D eigenvalue weighted by molar-refractivity contribution is 7.13. The molecular formula is C8H12N4O2S. The zero-order valence-corrected chi connectivity index (χ0v) is 9.04. The number of amidine groups is 1. The zero-order chi connectivity index (χ0) is 11.3. The third-order valence-electron chi connectivity index (χ3n) is 1.64. The topological polar surface area (TPSA) is 101 Å². The van der Waals surface area contributed by atoms with Gasteiger partial charge in [0.05, 0.1) is 11.2 Å². The van der Waals surface area contributed by atoms with Crippen molar-refractivity contribution in [2.24, 2.45) is 10.9 Å². The monoisotopic (exact) mass is 228 g/mol. The Morgan fingerprint density at radius 2 is 2.53 bits per heavy atom. The van der Waals surface area contributed by atoms with Crippen LogP contribution in [-0.4, -0.2) is 28.5 Å². The molecule has 0 aliphatic rings. The van der Waals surface area contributed by atoms with Crippen LogP contribution < -0.4 is 11.1 Å². The number of carbonyl (C=O) groups is 1. The van der Waals surface area contributed by atoms with Crippen LogP contribution in [0.4, 0.5) is 0 Å². The molecule has 82 valence electrons. The Kier molecular flexibility index (Phi) is 4.04. The summed E-state index contributed by atoms with van der Waals surface area (Å²) in [6.45, 7) is 2.17. The van der Waals surface area contributed by atoms with Gasteiger partial charge in [-0.2, -0.15) is 0 Å². The summed E-state index contributed by atoms with van der Waals surface area (Å²) in [6.07, 6.45) is 1.85. The lowest BCUT2D eigenvalue weighted by Gasteiger charge is -2.01. The van der Waals surface area contributed by atoms with Crippen molar-refractivity contribution in [1.29, 1.82) is 0 Å². The molecule has 0 fully saturated rings. The SMILES string of the molecule is Cc1ncc(C(=O)NCC/C(N)=N/O)s1. The van der Waals surface area contributed by atoms with Gasteiger partial charge >= 0.3 is 0 Å². The zero-order valence-electron chi connectivity index (χ0n) is 8.23. The number of rotatable bonds is 4. The fourth-order valence-corrected chi connectivity index (χ4v) is 1.60. The maximum atomic E-state index is 11.4. The molecule has 6 nitrogen and oxygen atoms in total. The number of hydrogen-bond acceptors (Lipinski definition) is 5. The summed E-state index contributed by atoms with van der Waals surface area (Å²) < 4.78 is 0. The smallest absolute Gasteiger partial charge is 0.263 e. The Balaban J connectivity index is 2.37. The molecule has 0 aliphatic heterocycles. The molecule has 1 heterocycles. The maximum Gasteiger partial charge on any atom is 0.263 e. The third kappa shape index (κ3) is 3.55. The molecule has 0 saturated heterocycles. The highest BCUT2D eigenvalue weighted by atomic mass is 32.1. The molecule has 4 N–H and O–H groups in total. The van der Waals surface area contributed by atoms with E-state index < -0.39 is 0 Å². The Hall–Kier alpha value is -1.63. The Morgan fingerprint density at radius 3 is 3.07 bits per heavy atom. The van der Waals surface area contributed by atoms with Crippen LogP contribution in [0.15, 0.2) is 11.4 Å². The highest BCUT2D eigenvalue weighted by Crippen LogP contribution is 2.10. The fraction of sp³-hybridized carbons (Fsp3) is 0.375. The van der Waals surface area contributed by atoms with E-state index in [0.717, 1.165) is 5.01 Å². The molecule has 0 radical (unpaired) electrons. The summed E-state index contributed by atoms with van der Waals surface area (Å²) in [5.41, 5.74) is 5.24. The molecule has 1 aromatic rings. The van der Waals surface area contributed by atoms with Crippen molar-refractivity contribution in [3.8, 4) is 0 Å². The van der Waals surface area contributed by atoms with E-state index in [1.54, 1.807) is 0 Å². The predicted octanol–water partition coefficient (Wildman–Crippen LogP) is 0.318. The summed E-state index contributed by atoms with van der Waals surface area (Å²) in [4.78, 5) is 16.0. The van der Waals surface area contributed by atoms with E-state index in [-0.39, 0.29) is 11.7 Å². The van der Waals surface area contributed by atoms with Gasteiger partial charge in [-0.05, 0) is 6.92 Å². The first-order valence-electron chi connectivity index (χ1n) is 4.30. The van der Waals surface area contributed by atoms with Crippen LogP contribution in [0.5, 0.6) is 0 Å². The van der Waals surface area contributed by atoms with Gasteiger partial charge in [-0.15, -0.1) is 11.3 Å². The van der Waals surface area contributed by atoms with Crippen molar-refractivity contribution in [2.75, 3.05) is 6.54 Å². The summed E-state index contributed by atoms with van der Waals surface area (Å²) in [5.74, 6) is -0.0953. The summed E-state index contributed by atoms with van der Waals surface area (Å²) >= 11 is 1.33. The number of aryl methyl sites for hydroxylation is 1. The lowest BCUT2D eigenvalue weighted by Crippen LogP contribution is -2.27. The average molecular weight is 228 g/mol. The van der Waals surface area contributed by atoms with Crippen LogP contribution >= 0.6 is 11.3 Å². The Morgan fingerprint density at radius 1 is 1.80 bits per heavy atom. The van der Waals surface area contributed by atoms with Gasteiger partial charge in [-0.25, -0.2) is 4.98 Å². The molecular weight excluding hydrogens is 216 g/mol. The summed E-state index contributed by atoms with van der Waals surface area (Å²) in [7, 11) is 0. The number of thiazole rings is 1. The van der Waals surface area contributed by atoms with Gasteiger partial charge in [0.25, 0.3) is 5.91 Å². The molecule has 15 heavy (non-hydrogen) atoms. The van der Waals surface area contributed by atoms with E-state index in [4.69, 9.17) is 10.9 Å². The number of aromatic nitrogens is 1. The van der Waals surface area contributed by atoms with Crippen molar-refractivity contribution in [3.63, 3.8) is 0 Å². The van der Waals surface area contributed by atoms with E-state index in [1.165, 1.54) is 17.5 Å². The van der Waals surface area contributed by atoms with Crippen LogP contribution in [0.2, 0.25) is 0 Å². The molecule has 7 heteroatoms. The van der Waals surface area contributed by atoms with Crippen molar-refractivity contribution in [1.82, 2.24) is 10.3 Å². The van der Waals surface area contributed by atoms with Crippen molar-refractivity contribution in [3.05, 3.63) is 16.1 Å². The van der Waals surface area contributed by atoms with Gasteiger partial charge in [-0.3, -0.25) is 4.79 Å². The van der Waals surface area contributed by atoms with Gasteiger partial charge in [-0.1, -0.05) is 5.16 Å². The minimum absolute atomic E-state index is 0.0933. The van der Waals surface area contributed by atoms with E-state index in [1.807, 2.05) is 6.92 Å². The van der Waals surface area contributed by atoms with E-state index >= 15 is 0 Å². The maximum absolute atomic E-state index is 11.4. The van der Waals surface area contributed by atoms with Crippen LogP contribution in [0.3, 0.4) is 0 Å². The molecule has 0 spiro atoms. The predicted molar refractivity (Wildman–Crippen MR) is 57.2 cm³/mol. The number of carbonyl (C=O) groups excluding carboxylic acids is 1. The largest absolute Gasteiger partial charge is 0.409 e. The Labute approximate surface area is 90.8 Å². The second-order valence-corrected chi connectivity index (χ2v) is 4.08. The van der Waals surface area contributed by atoms with E-state index in [0.29, 0.717) is 17.8 Å². The fourth-order valence-electron chi connectivity index (χ4n) is 0.908. The second-order valence-electron chi connectivity index (χ2n) is 2.84. The number of nitrogens with two attached hydrogens (primary N) is 1. The average Bonchev–Trinajstić information content (AvgIpc) is 2.64. The number of hydrogen-bond donors (Lipinski definition) is 3. The van der Waals surface area contributed by atoms with Gasteiger partial charge < -0.3 is 16.3 Å². The number of oxime groups is 1. The first-order chi connectivity index (χ1) is 7.13. The van der Waals surface area contributed by atoms with E-state index in [2.05, 4.69) is 15.5 Å². The van der Waals surface area contributed by atoms with Crippen molar-refractivity contribution < 1.29 is 10.0 Å². The minimum atomic E-state index is -0.189. The molecule has 0 atom stereocenters. The molecule has 0 aromatic carbocycles. The summed E-state index contributed by atoms with van der Waals surface area (Å²) in [5, 5.41) is 14.5. The molecule has 0 unspecified atom stereocenters. The molecule has 1 rings (SSSR count). The highest BCUT2D eigenvalue weighted by Gasteiger charge is 2.07. The first-order valence-corrected chi connectivity index (χ1v) is 5.12. The van der Waals surface area contributed by atoms with E-state index in [9.17, 15) is 4.79 Å². The standard InChI is InChI=1S/C8H12N4O2S/c1-5-11-4-6(15-5)8(13)10-3-2-7(9)12-14/h4,14H,2-3H2,1H3,(H2,9,12)(H,10,13). The first kappa shape index (κ1) is 11.4. The van der Waals surface area contributed by atoms with Gasteiger partial charge in [0.15, 0.2) is 0 Å². The van der Waals surface area contributed by atoms with Crippen LogP contribution in [-0.2, 0) is 0 Å². The number of nitrogens with one attached hydrogen (secondary N) is 1. The molecule has 0 bridgehead atoms. The molecule has 1 amide bonds. The van der Waals surface area contributed by atoms with Crippen molar-refractivity contribution in [2.45, 2.75) is 13.3 Å². The lowest BCUT2D eigenvalue weighted by atomic mass is 10.4. The lowest BCUT2D eigenvalue weighted by molar-refractivity contribution is 0.0958. The van der Waals surface area contributed by atoms with Crippen LogP contribution in [0, 0.1) is 6.92 Å². The number of nitrogens with zero attached hydrogens (tertiary/aromatic N) is 2.